The minimum Gasteiger partial charge on any atom is -0.497 e. The van der Waals surface area contributed by atoms with Crippen LogP contribution < -0.4 is 20.1 Å². The Morgan fingerprint density at radius 2 is 1.85 bits per heavy atom. The number of hydrogen-bond donors (Lipinski definition) is 2. The first-order valence-electron chi connectivity index (χ1n) is 9.02. The van der Waals surface area contributed by atoms with Gasteiger partial charge in [0.2, 0.25) is 5.91 Å². The maximum Gasteiger partial charge on any atom is 0.251 e. The van der Waals surface area contributed by atoms with E-state index in [1.807, 2.05) is 6.07 Å². The summed E-state index contributed by atoms with van der Waals surface area (Å²) in [4.78, 5) is 24.8. The molecule has 2 aromatic rings. The number of nitrogens with one attached hydrogen (secondary N) is 2. The minimum atomic E-state index is -0.715. The van der Waals surface area contributed by atoms with E-state index in [-0.39, 0.29) is 11.8 Å². The monoisotopic (exact) mass is 370 g/mol. The second-order valence-corrected chi connectivity index (χ2v) is 6.11. The first-order valence-corrected chi connectivity index (χ1v) is 9.02. The van der Waals surface area contributed by atoms with Crippen LogP contribution in [0.5, 0.6) is 11.5 Å². The Bertz CT molecular complexity index is 762. The van der Waals surface area contributed by atoms with Crippen molar-refractivity contribution < 1.29 is 19.1 Å². The Kier molecular flexibility index (Phi) is 7.67. The first-order chi connectivity index (χ1) is 13.0. The fourth-order valence-corrected chi connectivity index (χ4v) is 2.36. The molecule has 0 spiro atoms. The molecule has 2 aromatic carbocycles. The van der Waals surface area contributed by atoms with Gasteiger partial charge in [0.05, 0.1) is 19.4 Å². The van der Waals surface area contributed by atoms with Crippen molar-refractivity contribution >= 4 is 17.5 Å². The fraction of sp³-hybridized carbons (Fsp3) is 0.333. The average molecular weight is 370 g/mol. The molecule has 2 amide bonds. The number of hydrogen-bond acceptors (Lipinski definition) is 4. The summed E-state index contributed by atoms with van der Waals surface area (Å²) in [6.45, 7) is 4.27. The zero-order valence-electron chi connectivity index (χ0n) is 16.0. The topological polar surface area (TPSA) is 76.7 Å². The number of carbonyl (C=O) groups excluding carboxylic acids is 2. The number of ether oxygens (including phenoxy) is 2. The Labute approximate surface area is 159 Å². The third-order valence-electron chi connectivity index (χ3n) is 3.98. The zero-order valence-corrected chi connectivity index (χ0v) is 16.0. The molecule has 1 unspecified atom stereocenters. The molecule has 0 heterocycles. The van der Waals surface area contributed by atoms with E-state index in [1.54, 1.807) is 56.5 Å². The summed E-state index contributed by atoms with van der Waals surface area (Å²) < 4.78 is 11.0. The van der Waals surface area contributed by atoms with Crippen LogP contribution in [0, 0.1) is 0 Å². The molecule has 1 atom stereocenters. The third-order valence-corrected chi connectivity index (χ3v) is 3.98. The Morgan fingerprint density at radius 1 is 1.11 bits per heavy atom. The molecule has 27 heavy (non-hydrogen) atoms. The van der Waals surface area contributed by atoms with E-state index in [0.29, 0.717) is 29.4 Å². The molecule has 0 radical (unpaired) electrons. The summed E-state index contributed by atoms with van der Waals surface area (Å²) in [5, 5.41) is 5.50. The van der Waals surface area contributed by atoms with Crippen LogP contribution in [0.25, 0.3) is 0 Å². The second kappa shape index (κ2) is 10.2. The number of benzene rings is 2. The summed E-state index contributed by atoms with van der Waals surface area (Å²) in [6.07, 6.45) is 1.93. The standard InChI is InChI=1S/C21H26N2O4/c1-4-5-13-27-19-12-11-17(26-3)14-18(19)23-20(24)15(2)22-21(25)16-9-7-6-8-10-16/h6-12,14-15H,4-5,13H2,1-3H3,(H,22,25)(H,23,24). The van der Waals surface area contributed by atoms with Gasteiger partial charge in [0.1, 0.15) is 17.5 Å². The second-order valence-electron chi connectivity index (χ2n) is 6.11. The lowest BCUT2D eigenvalue weighted by Crippen LogP contribution is -2.41. The fourth-order valence-electron chi connectivity index (χ4n) is 2.36. The molecule has 0 aliphatic carbocycles. The van der Waals surface area contributed by atoms with E-state index in [2.05, 4.69) is 17.6 Å². The maximum absolute atomic E-state index is 12.5. The van der Waals surface area contributed by atoms with Crippen molar-refractivity contribution in [3.05, 3.63) is 54.1 Å². The SMILES string of the molecule is CCCCOc1ccc(OC)cc1NC(=O)C(C)NC(=O)c1ccccc1. The molecule has 144 valence electrons. The highest BCUT2D eigenvalue weighted by Crippen LogP contribution is 2.29. The van der Waals surface area contributed by atoms with Crippen molar-refractivity contribution in [1.29, 1.82) is 0 Å². The van der Waals surface area contributed by atoms with Gasteiger partial charge in [-0.1, -0.05) is 31.5 Å². The molecule has 0 saturated carbocycles. The molecule has 0 aliphatic rings. The van der Waals surface area contributed by atoms with Crippen molar-refractivity contribution in [2.75, 3.05) is 19.0 Å². The Hall–Kier alpha value is -3.02. The normalized spacial score (nSPS) is 11.4. The van der Waals surface area contributed by atoms with Crippen molar-refractivity contribution in [2.45, 2.75) is 32.7 Å². The van der Waals surface area contributed by atoms with Crippen molar-refractivity contribution in [2.24, 2.45) is 0 Å². The summed E-state index contributed by atoms with van der Waals surface area (Å²) in [6, 6.07) is 13.3. The van der Waals surface area contributed by atoms with Crippen molar-refractivity contribution in [3.8, 4) is 11.5 Å². The molecule has 0 saturated heterocycles. The van der Waals surface area contributed by atoms with Crippen LogP contribution in [-0.4, -0.2) is 31.6 Å². The van der Waals surface area contributed by atoms with E-state index in [0.717, 1.165) is 12.8 Å². The van der Waals surface area contributed by atoms with E-state index in [1.165, 1.54) is 0 Å². The summed E-state index contributed by atoms with van der Waals surface area (Å²) in [7, 11) is 1.56. The van der Waals surface area contributed by atoms with Crippen LogP contribution in [0.4, 0.5) is 5.69 Å². The molecule has 2 N–H and O–H groups in total. The predicted molar refractivity (Wildman–Crippen MR) is 105 cm³/mol. The van der Waals surface area contributed by atoms with Gasteiger partial charge in [0.25, 0.3) is 5.91 Å². The first kappa shape index (κ1) is 20.3. The molecule has 6 heteroatoms. The number of carbonyl (C=O) groups is 2. The lowest BCUT2D eigenvalue weighted by atomic mass is 10.2. The summed E-state index contributed by atoms with van der Waals surface area (Å²) >= 11 is 0. The molecule has 0 aromatic heterocycles. The van der Waals surface area contributed by atoms with Crippen molar-refractivity contribution in [3.63, 3.8) is 0 Å². The van der Waals surface area contributed by atoms with Gasteiger partial charge < -0.3 is 20.1 Å². The molecular weight excluding hydrogens is 344 g/mol. The summed E-state index contributed by atoms with van der Waals surface area (Å²) in [5.41, 5.74) is 1.01. The van der Waals surface area contributed by atoms with Crippen LogP contribution in [0.3, 0.4) is 0 Å². The zero-order chi connectivity index (χ0) is 19.6. The van der Waals surface area contributed by atoms with Gasteiger partial charge >= 0.3 is 0 Å². The van der Waals surface area contributed by atoms with Crippen LogP contribution in [-0.2, 0) is 4.79 Å². The maximum atomic E-state index is 12.5. The van der Waals surface area contributed by atoms with Gasteiger partial charge in [-0.3, -0.25) is 9.59 Å². The van der Waals surface area contributed by atoms with E-state index >= 15 is 0 Å². The van der Waals surface area contributed by atoms with E-state index < -0.39 is 6.04 Å². The molecule has 2 rings (SSSR count). The smallest absolute Gasteiger partial charge is 0.251 e. The van der Waals surface area contributed by atoms with Gasteiger partial charge in [0, 0.05) is 11.6 Å². The Balaban J connectivity index is 2.05. The number of anilines is 1. The third kappa shape index (κ3) is 6.02. The van der Waals surface area contributed by atoms with Crippen LogP contribution >= 0.6 is 0 Å². The van der Waals surface area contributed by atoms with Gasteiger partial charge in [0.15, 0.2) is 0 Å². The summed E-state index contributed by atoms with van der Waals surface area (Å²) in [5.74, 6) is 0.532. The van der Waals surface area contributed by atoms with Crippen molar-refractivity contribution in [1.82, 2.24) is 5.32 Å². The molecular formula is C21H26N2O4. The molecule has 0 bridgehead atoms. The van der Waals surface area contributed by atoms with E-state index in [4.69, 9.17) is 9.47 Å². The largest absolute Gasteiger partial charge is 0.497 e. The lowest BCUT2D eigenvalue weighted by Gasteiger charge is -2.17. The van der Waals surface area contributed by atoms with Crippen LogP contribution in [0.15, 0.2) is 48.5 Å². The number of rotatable bonds is 9. The number of unbranched alkanes of at least 4 members (excludes halogenated alkanes) is 1. The van der Waals surface area contributed by atoms with Crippen LogP contribution in [0.2, 0.25) is 0 Å². The highest BCUT2D eigenvalue weighted by Gasteiger charge is 2.18. The molecule has 6 nitrogen and oxygen atoms in total. The van der Waals surface area contributed by atoms with Crippen LogP contribution in [0.1, 0.15) is 37.0 Å². The lowest BCUT2D eigenvalue weighted by molar-refractivity contribution is -0.117. The van der Waals surface area contributed by atoms with Gasteiger partial charge in [-0.05, 0) is 37.6 Å². The molecule has 0 fully saturated rings. The highest BCUT2D eigenvalue weighted by molar-refractivity contribution is 6.01. The number of amides is 2. The van der Waals surface area contributed by atoms with Gasteiger partial charge in [-0.25, -0.2) is 0 Å². The van der Waals surface area contributed by atoms with Gasteiger partial charge in [-0.2, -0.15) is 0 Å². The predicted octanol–water partition coefficient (Wildman–Crippen LogP) is 3.63. The quantitative estimate of drug-likeness (QED) is 0.661. The molecule has 0 aliphatic heterocycles. The van der Waals surface area contributed by atoms with Gasteiger partial charge in [-0.15, -0.1) is 0 Å². The number of methoxy groups -OCH3 is 1. The Morgan fingerprint density at radius 3 is 2.52 bits per heavy atom. The van der Waals surface area contributed by atoms with E-state index in [9.17, 15) is 9.59 Å². The highest BCUT2D eigenvalue weighted by atomic mass is 16.5. The minimum absolute atomic E-state index is 0.302. The average Bonchev–Trinajstić information content (AvgIpc) is 2.69.